The zero-order chi connectivity index (χ0) is 15.7. The first kappa shape index (κ1) is 16.1. The maximum absolute atomic E-state index is 12.2. The minimum Gasteiger partial charge on any atom is -0.392 e. The third kappa shape index (κ3) is 3.49. The van der Waals surface area contributed by atoms with Gasteiger partial charge in [-0.2, -0.15) is 0 Å². The lowest BCUT2D eigenvalue weighted by Crippen LogP contribution is -2.47. The van der Waals surface area contributed by atoms with Gasteiger partial charge in [0.1, 0.15) is 5.78 Å². The van der Waals surface area contributed by atoms with E-state index in [1.54, 1.807) is 6.92 Å². The molecule has 1 aliphatic carbocycles. The number of Topliss-reactive ketones (excluding diaryl/α,β-unsaturated/α-hetero) is 1. The molecule has 2 fully saturated rings. The van der Waals surface area contributed by atoms with Crippen LogP contribution in [0.5, 0.6) is 0 Å². The monoisotopic (exact) mass is 297 g/mol. The van der Waals surface area contributed by atoms with Crippen LogP contribution in [0, 0.1) is 23.7 Å². The first-order chi connectivity index (χ1) is 9.79. The molecule has 1 heterocycles. The summed E-state index contributed by atoms with van der Waals surface area (Å²) in [5.41, 5.74) is 0. The van der Waals surface area contributed by atoms with Crippen molar-refractivity contribution >= 4 is 17.6 Å². The summed E-state index contributed by atoms with van der Waals surface area (Å²) in [6.45, 7) is 3.55. The second-order valence-corrected chi connectivity index (χ2v) is 6.55. The smallest absolute Gasteiger partial charge is 0.226 e. The van der Waals surface area contributed by atoms with E-state index in [4.69, 9.17) is 0 Å². The number of amides is 2. The second-order valence-electron chi connectivity index (χ2n) is 6.55. The van der Waals surface area contributed by atoms with Crippen LogP contribution in [-0.2, 0) is 14.4 Å². The summed E-state index contributed by atoms with van der Waals surface area (Å²) in [4.78, 5) is 34.9. The molecule has 0 radical (unpaired) electrons. The van der Waals surface area contributed by atoms with Crippen molar-refractivity contribution in [1.82, 2.24) is 5.32 Å². The topological polar surface area (TPSA) is 104 Å². The highest BCUT2D eigenvalue weighted by Crippen LogP contribution is 2.35. The predicted octanol–water partition coefficient (Wildman–Crippen LogP) is 0.0123. The molecule has 5 atom stereocenters. The Kier molecular flexibility index (Phi) is 4.78. The molecule has 0 aromatic carbocycles. The molecule has 1 saturated carbocycles. The van der Waals surface area contributed by atoms with Crippen LogP contribution in [0.4, 0.5) is 0 Å². The third-order valence-electron chi connectivity index (χ3n) is 4.80. The number of hydrogen-bond donors (Lipinski definition) is 3. The molecular weight excluding hydrogens is 274 g/mol. The summed E-state index contributed by atoms with van der Waals surface area (Å²) in [6.07, 6.45) is -0.403. The third-order valence-corrected chi connectivity index (χ3v) is 4.80. The minimum atomic E-state index is -0.862. The van der Waals surface area contributed by atoms with Crippen LogP contribution < -0.4 is 5.32 Å². The fourth-order valence-electron chi connectivity index (χ4n) is 3.53. The van der Waals surface area contributed by atoms with Crippen LogP contribution in [-0.4, -0.2) is 40.0 Å². The lowest BCUT2D eigenvalue weighted by atomic mass is 9.70. The Balaban J connectivity index is 1.99. The Hall–Kier alpha value is -1.27. The van der Waals surface area contributed by atoms with Gasteiger partial charge in [0, 0.05) is 24.7 Å². The summed E-state index contributed by atoms with van der Waals surface area (Å²) in [6, 6.07) is 0. The van der Waals surface area contributed by atoms with Crippen molar-refractivity contribution in [2.24, 2.45) is 23.7 Å². The van der Waals surface area contributed by atoms with Gasteiger partial charge in [0.2, 0.25) is 11.8 Å². The molecule has 0 aromatic rings. The van der Waals surface area contributed by atoms with E-state index in [0.717, 1.165) is 0 Å². The van der Waals surface area contributed by atoms with E-state index in [1.807, 2.05) is 6.92 Å². The molecule has 21 heavy (non-hydrogen) atoms. The molecule has 6 nitrogen and oxygen atoms in total. The Morgan fingerprint density at radius 3 is 2.33 bits per heavy atom. The van der Waals surface area contributed by atoms with Crippen molar-refractivity contribution in [1.29, 1.82) is 0 Å². The number of rotatable bonds is 3. The Morgan fingerprint density at radius 2 is 1.76 bits per heavy atom. The van der Waals surface area contributed by atoms with Crippen molar-refractivity contribution in [2.45, 2.75) is 51.7 Å². The van der Waals surface area contributed by atoms with Gasteiger partial charge in [0.15, 0.2) is 0 Å². The molecule has 6 heteroatoms. The van der Waals surface area contributed by atoms with Crippen LogP contribution >= 0.6 is 0 Å². The molecule has 5 unspecified atom stereocenters. The van der Waals surface area contributed by atoms with Gasteiger partial charge in [-0.05, 0) is 24.7 Å². The van der Waals surface area contributed by atoms with Crippen LogP contribution in [0.15, 0.2) is 0 Å². The fraction of sp³-hybridized carbons (Fsp3) is 0.800. The molecule has 118 valence electrons. The highest BCUT2D eigenvalue weighted by atomic mass is 16.3. The summed E-state index contributed by atoms with van der Waals surface area (Å²) in [5, 5.41) is 22.5. The molecule has 1 saturated heterocycles. The summed E-state index contributed by atoms with van der Waals surface area (Å²) < 4.78 is 0. The first-order valence-electron chi connectivity index (χ1n) is 7.52. The van der Waals surface area contributed by atoms with Gasteiger partial charge < -0.3 is 10.2 Å². The molecule has 0 spiro atoms. The minimum absolute atomic E-state index is 0.0476. The van der Waals surface area contributed by atoms with E-state index in [0.29, 0.717) is 6.42 Å². The van der Waals surface area contributed by atoms with E-state index in [-0.39, 0.29) is 48.7 Å². The number of piperidine rings is 1. The largest absolute Gasteiger partial charge is 0.392 e. The van der Waals surface area contributed by atoms with Gasteiger partial charge in [0.05, 0.1) is 12.2 Å². The molecule has 3 N–H and O–H groups in total. The van der Waals surface area contributed by atoms with Crippen molar-refractivity contribution in [2.75, 3.05) is 0 Å². The average Bonchev–Trinajstić information content (AvgIpc) is 2.39. The normalized spacial score (nSPS) is 36.5. The van der Waals surface area contributed by atoms with Crippen LogP contribution in [0.3, 0.4) is 0 Å². The van der Waals surface area contributed by atoms with Crippen molar-refractivity contribution < 1.29 is 24.6 Å². The number of carbonyl (C=O) groups is 3. The highest BCUT2D eigenvalue weighted by molar-refractivity contribution is 5.97. The molecule has 2 rings (SSSR count). The Bertz CT molecular complexity index is 433. The number of ketones is 1. The molecular formula is C15H23NO5. The quantitative estimate of drug-likeness (QED) is 0.637. The molecule has 2 aliphatic rings. The average molecular weight is 297 g/mol. The maximum Gasteiger partial charge on any atom is 0.226 e. The van der Waals surface area contributed by atoms with E-state index >= 15 is 0 Å². The van der Waals surface area contributed by atoms with Crippen LogP contribution in [0.1, 0.15) is 39.5 Å². The van der Waals surface area contributed by atoms with Gasteiger partial charge in [-0.1, -0.05) is 13.8 Å². The number of nitrogens with one attached hydrogen (secondary N) is 1. The fourth-order valence-corrected chi connectivity index (χ4v) is 3.53. The number of imide groups is 1. The molecule has 0 bridgehead atoms. The summed E-state index contributed by atoms with van der Waals surface area (Å²) in [7, 11) is 0. The number of aliphatic hydroxyl groups is 2. The summed E-state index contributed by atoms with van der Waals surface area (Å²) >= 11 is 0. The SMILES string of the molecule is CC1CC(C(O)CC2CC(=O)NC(=O)C2)C(=O)C(C)C1O. The maximum atomic E-state index is 12.2. The zero-order valence-electron chi connectivity index (χ0n) is 12.4. The Morgan fingerprint density at radius 1 is 1.19 bits per heavy atom. The van der Waals surface area contributed by atoms with E-state index in [1.165, 1.54) is 0 Å². The van der Waals surface area contributed by atoms with Crippen molar-refractivity contribution in [3.8, 4) is 0 Å². The lowest BCUT2D eigenvalue weighted by Gasteiger charge is -2.37. The van der Waals surface area contributed by atoms with E-state index in [9.17, 15) is 24.6 Å². The van der Waals surface area contributed by atoms with Crippen molar-refractivity contribution in [3.63, 3.8) is 0 Å². The number of hydrogen-bond acceptors (Lipinski definition) is 5. The lowest BCUT2D eigenvalue weighted by molar-refractivity contribution is -0.142. The number of aliphatic hydroxyl groups excluding tert-OH is 2. The highest BCUT2D eigenvalue weighted by Gasteiger charge is 2.42. The van der Waals surface area contributed by atoms with Crippen molar-refractivity contribution in [3.05, 3.63) is 0 Å². The predicted molar refractivity (Wildman–Crippen MR) is 73.9 cm³/mol. The summed E-state index contributed by atoms with van der Waals surface area (Å²) in [5.74, 6) is -2.03. The van der Waals surface area contributed by atoms with Gasteiger partial charge in [-0.25, -0.2) is 0 Å². The van der Waals surface area contributed by atoms with Gasteiger partial charge >= 0.3 is 0 Å². The second kappa shape index (κ2) is 6.23. The Labute approximate surface area is 123 Å². The number of carbonyl (C=O) groups excluding carboxylic acids is 3. The molecule has 0 aromatic heterocycles. The van der Waals surface area contributed by atoms with Crippen LogP contribution in [0.25, 0.3) is 0 Å². The zero-order valence-corrected chi connectivity index (χ0v) is 12.4. The first-order valence-corrected chi connectivity index (χ1v) is 7.52. The molecule has 2 amide bonds. The van der Waals surface area contributed by atoms with E-state index < -0.39 is 24.0 Å². The van der Waals surface area contributed by atoms with E-state index in [2.05, 4.69) is 5.32 Å². The van der Waals surface area contributed by atoms with Gasteiger partial charge in [0.25, 0.3) is 0 Å². The standard InChI is InChI=1S/C15H23NO5/c1-7-3-10(15(21)8(2)14(7)20)11(17)4-9-5-12(18)16-13(19)6-9/h7-11,14,17,20H,3-6H2,1-2H3,(H,16,18,19). The van der Waals surface area contributed by atoms with Gasteiger partial charge in [-0.3, -0.25) is 19.7 Å². The van der Waals surface area contributed by atoms with Gasteiger partial charge in [-0.15, -0.1) is 0 Å². The molecule has 1 aliphatic heterocycles. The van der Waals surface area contributed by atoms with Crippen LogP contribution in [0.2, 0.25) is 0 Å².